The molecule has 116 valence electrons. The molecular weight excluding hydrogens is 285 g/mol. The number of halogens is 2. The van der Waals surface area contributed by atoms with E-state index in [1.54, 1.807) is 0 Å². The summed E-state index contributed by atoms with van der Waals surface area (Å²) in [5, 5.41) is 6.33. The molecule has 1 fully saturated rings. The zero-order valence-electron chi connectivity index (χ0n) is 12.4. The van der Waals surface area contributed by atoms with Gasteiger partial charge in [-0.1, -0.05) is 20.8 Å². The first-order valence-electron chi connectivity index (χ1n) is 6.81. The van der Waals surface area contributed by atoms with Gasteiger partial charge in [-0.25, -0.2) is 0 Å². The molecule has 0 saturated carbocycles. The largest absolute Gasteiger partial charge is 0.352 e. The molecule has 2 N–H and O–H groups in total. The second-order valence-electron chi connectivity index (χ2n) is 5.10. The molecular formula is C13H29Cl2N3O. The third kappa shape index (κ3) is 6.80. The summed E-state index contributed by atoms with van der Waals surface area (Å²) < 4.78 is 0. The Labute approximate surface area is 129 Å². The molecule has 1 heterocycles. The molecule has 1 rings (SSSR count). The van der Waals surface area contributed by atoms with E-state index in [1.807, 2.05) is 6.92 Å². The summed E-state index contributed by atoms with van der Waals surface area (Å²) in [6.45, 7) is 13.4. The van der Waals surface area contributed by atoms with E-state index in [0.29, 0.717) is 5.92 Å². The minimum absolute atomic E-state index is 0. The van der Waals surface area contributed by atoms with Crippen LogP contribution in [0.25, 0.3) is 0 Å². The fourth-order valence-electron chi connectivity index (χ4n) is 2.17. The first-order valence-corrected chi connectivity index (χ1v) is 6.81. The SMILES string of the molecule is CCN(CC)CC(C)NC(=O)C(C)C1CNC1.Cl.Cl. The van der Waals surface area contributed by atoms with E-state index in [4.69, 9.17) is 0 Å². The Morgan fingerprint density at radius 1 is 1.26 bits per heavy atom. The molecule has 0 radical (unpaired) electrons. The lowest BCUT2D eigenvalue weighted by molar-refractivity contribution is -0.127. The van der Waals surface area contributed by atoms with Crippen LogP contribution in [0.2, 0.25) is 0 Å². The van der Waals surface area contributed by atoms with Gasteiger partial charge in [0.2, 0.25) is 5.91 Å². The molecule has 19 heavy (non-hydrogen) atoms. The van der Waals surface area contributed by atoms with Gasteiger partial charge in [0, 0.05) is 18.5 Å². The number of carbonyl (C=O) groups excluding carboxylic acids is 1. The highest BCUT2D eigenvalue weighted by atomic mass is 35.5. The maximum Gasteiger partial charge on any atom is 0.223 e. The van der Waals surface area contributed by atoms with E-state index in [9.17, 15) is 4.79 Å². The molecule has 0 aliphatic carbocycles. The van der Waals surface area contributed by atoms with Crippen LogP contribution in [0.1, 0.15) is 27.7 Å². The van der Waals surface area contributed by atoms with Gasteiger partial charge in [-0.2, -0.15) is 0 Å². The average Bonchev–Trinajstić information content (AvgIpc) is 2.23. The van der Waals surface area contributed by atoms with Crippen molar-refractivity contribution in [3.8, 4) is 0 Å². The van der Waals surface area contributed by atoms with E-state index in [1.165, 1.54) is 0 Å². The molecule has 1 saturated heterocycles. The van der Waals surface area contributed by atoms with Crippen LogP contribution in [0.5, 0.6) is 0 Å². The van der Waals surface area contributed by atoms with Crippen LogP contribution in [-0.4, -0.2) is 49.6 Å². The second kappa shape index (κ2) is 10.7. The number of nitrogens with zero attached hydrogens (tertiary/aromatic N) is 1. The lowest BCUT2D eigenvalue weighted by Gasteiger charge is -2.33. The van der Waals surface area contributed by atoms with Gasteiger partial charge in [0.15, 0.2) is 0 Å². The Balaban J connectivity index is 0. The van der Waals surface area contributed by atoms with Crippen molar-refractivity contribution in [3.63, 3.8) is 0 Å². The Bertz CT molecular complexity index is 246. The van der Waals surface area contributed by atoms with Gasteiger partial charge in [-0.3, -0.25) is 4.79 Å². The topological polar surface area (TPSA) is 44.4 Å². The highest BCUT2D eigenvalue weighted by molar-refractivity contribution is 5.85. The first kappa shape index (κ1) is 21.3. The molecule has 0 aromatic carbocycles. The number of likely N-dealkylation sites (N-methyl/N-ethyl adjacent to an activating group) is 1. The van der Waals surface area contributed by atoms with Gasteiger partial charge in [0.25, 0.3) is 0 Å². The van der Waals surface area contributed by atoms with E-state index in [2.05, 4.69) is 36.3 Å². The Kier molecular flexibility index (Phi) is 12.0. The Morgan fingerprint density at radius 3 is 2.16 bits per heavy atom. The van der Waals surface area contributed by atoms with Gasteiger partial charge in [0.1, 0.15) is 0 Å². The molecule has 4 nitrogen and oxygen atoms in total. The molecule has 1 amide bonds. The number of carbonyl (C=O) groups is 1. The van der Waals surface area contributed by atoms with Crippen LogP contribution in [0.4, 0.5) is 0 Å². The normalized spacial score (nSPS) is 17.7. The Hall–Kier alpha value is -0.0300. The number of amides is 1. The van der Waals surface area contributed by atoms with Crippen molar-refractivity contribution >= 4 is 30.7 Å². The maximum absolute atomic E-state index is 12.0. The molecule has 6 heteroatoms. The zero-order valence-corrected chi connectivity index (χ0v) is 14.1. The van der Waals surface area contributed by atoms with Crippen molar-refractivity contribution in [2.45, 2.75) is 33.7 Å². The van der Waals surface area contributed by atoms with Crippen molar-refractivity contribution in [2.75, 3.05) is 32.7 Å². The van der Waals surface area contributed by atoms with Gasteiger partial charge in [-0.15, -0.1) is 24.8 Å². The quantitative estimate of drug-likeness (QED) is 0.749. The number of nitrogens with one attached hydrogen (secondary N) is 2. The molecule has 0 spiro atoms. The molecule has 2 atom stereocenters. The first-order chi connectivity index (χ1) is 8.08. The number of hydrogen-bond acceptors (Lipinski definition) is 3. The lowest BCUT2D eigenvalue weighted by Crippen LogP contribution is -2.51. The zero-order chi connectivity index (χ0) is 12.8. The fraction of sp³-hybridized carbons (Fsp3) is 0.923. The van der Waals surface area contributed by atoms with Crippen LogP contribution in [0.15, 0.2) is 0 Å². The second-order valence-corrected chi connectivity index (χ2v) is 5.10. The minimum atomic E-state index is 0. The van der Waals surface area contributed by atoms with Crippen LogP contribution in [-0.2, 0) is 4.79 Å². The third-order valence-electron chi connectivity index (χ3n) is 3.75. The van der Waals surface area contributed by atoms with Crippen molar-refractivity contribution in [1.29, 1.82) is 0 Å². The molecule has 0 aromatic rings. The van der Waals surface area contributed by atoms with Crippen LogP contribution < -0.4 is 10.6 Å². The van der Waals surface area contributed by atoms with E-state index in [-0.39, 0.29) is 42.7 Å². The number of rotatable bonds is 7. The van der Waals surface area contributed by atoms with Gasteiger partial charge < -0.3 is 15.5 Å². The van der Waals surface area contributed by atoms with E-state index in [0.717, 1.165) is 32.7 Å². The van der Waals surface area contributed by atoms with Gasteiger partial charge >= 0.3 is 0 Å². The van der Waals surface area contributed by atoms with Crippen LogP contribution in [0.3, 0.4) is 0 Å². The molecule has 1 aliphatic heterocycles. The predicted molar refractivity (Wildman–Crippen MR) is 85.4 cm³/mol. The van der Waals surface area contributed by atoms with E-state index < -0.39 is 0 Å². The summed E-state index contributed by atoms with van der Waals surface area (Å²) in [7, 11) is 0. The third-order valence-corrected chi connectivity index (χ3v) is 3.75. The molecule has 1 aliphatic rings. The summed E-state index contributed by atoms with van der Waals surface area (Å²) in [5.41, 5.74) is 0. The summed E-state index contributed by atoms with van der Waals surface area (Å²) >= 11 is 0. The smallest absolute Gasteiger partial charge is 0.223 e. The standard InChI is InChI=1S/C13H27N3O.2ClH/c1-5-16(6-2)9-10(3)15-13(17)11(4)12-7-14-8-12;;/h10-12,14H,5-9H2,1-4H3,(H,15,17);2*1H. The number of hydrogen-bond donors (Lipinski definition) is 2. The van der Waals surface area contributed by atoms with Crippen molar-refractivity contribution in [1.82, 2.24) is 15.5 Å². The maximum atomic E-state index is 12.0. The van der Waals surface area contributed by atoms with Gasteiger partial charge in [-0.05, 0) is 39.0 Å². The van der Waals surface area contributed by atoms with Gasteiger partial charge in [0.05, 0.1) is 0 Å². The summed E-state index contributed by atoms with van der Waals surface area (Å²) in [5.74, 6) is 0.863. The highest BCUT2D eigenvalue weighted by Crippen LogP contribution is 2.15. The lowest BCUT2D eigenvalue weighted by atomic mass is 9.88. The Morgan fingerprint density at radius 2 is 1.79 bits per heavy atom. The average molecular weight is 314 g/mol. The van der Waals surface area contributed by atoms with Crippen molar-refractivity contribution in [3.05, 3.63) is 0 Å². The van der Waals surface area contributed by atoms with Crippen LogP contribution in [0, 0.1) is 11.8 Å². The van der Waals surface area contributed by atoms with E-state index >= 15 is 0 Å². The molecule has 0 bridgehead atoms. The van der Waals surface area contributed by atoms with Crippen molar-refractivity contribution < 1.29 is 4.79 Å². The predicted octanol–water partition coefficient (Wildman–Crippen LogP) is 1.53. The molecule has 2 unspecified atom stereocenters. The monoisotopic (exact) mass is 313 g/mol. The van der Waals surface area contributed by atoms with Crippen molar-refractivity contribution in [2.24, 2.45) is 11.8 Å². The van der Waals surface area contributed by atoms with Crippen LogP contribution >= 0.6 is 24.8 Å². The molecule has 0 aromatic heterocycles. The summed E-state index contributed by atoms with van der Waals surface area (Å²) in [6, 6.07) is 0.234. The highest BCUT2D eigenvalue weighted by Gasteiger charge is 2.29. The minimum Gasteiger partial charge on any atom is -0.352 e. The summed E-state index contributed by atoms with van der Waals surface area (Å²) in [6.07, 6.45) is 0. The summed E-state index contributed by atoms with van der Waals surface area (Å²) in [4.78, 5) is 14.3. The fourth-order valence-corrected chi connectivity index (χ4v) is 2.17.